The van der Waals surface area contributed by atoms with E-state index in [4.69, 9.17) is 9.47 Å². The van der Waals surface area contributed by atoms with Crippen LogP contribution < -0.4 is 10.1 Å². The quantitative estimate of drug-likeness (QED) is 0.792. The van der Waals surface area contributed by atoms with E-state index in [0.717, 1.165) is 43.6 Å². The standard InChI is InChI=1S/C17H26N2O3/c1-21-15-6-2-13(3-7-15)17(20)11-18-10-16-12-19(8-9-22-16)14-4-5-14/h2-3,6-7,14,16-18,20H,4-5,8-12H2,1H3. The molecule has 22 heavy (non-hydrogen) atoms. The Morgan fingerprint density at radius 2 is 2.14 bits per heavy atom. The fraction of sp³-hybridized carbons (Fsp3) is 0.647. The number of hydrogen-bond donors (Lipinski definition) is 2. The molecule has 2 fully saturated rings. The molecule has 1 aromatic carbocycles. The number of morpholine rings is 1. The van der Waals surface area contributed by atoms with Crippen LogP contribution >= 0.6 is 0 Å². The Morgan fingerprint density at radius 1 is 1.36 bits per heavy atom. The van der Waals surface area contributed by atoms with Gasteiger partial charge in [0.05, 0.1) is 25.9 Å². The number of aliphatic hydroxyl groups excluding tert-OH is 1. The second-order valence-corrected chi connectivity index (χ2v) is 6.17. The number of nitrogens with one attached hydrogen (secondary N) is 1. The monoisotopic (exact) mass is 306 g/mol. The fourth-order valence-corrected chi connectivity index (χ4v) is 2.96. The molecule has 0 aromatic heterocycles. The summed E-state index contributed by atoms with van der Waals surface area (Å²) in [6, 6.07) is 8.34. The maximum Gasteiger partial charge on any atom is 0.118 e. The molecule has 2 aliphatic rings. The van der Waals surface area contributed by atoms with Crippen LogP contribution in [0.3, 0.4) is 0 Å². The lowest BCUT2D eigenvalue weighted by Gasteiger charge is -2.33. The molecule has 1 saturated heterocycles. The number of ether oxygens (including phenoxy) is 2. The first-order valence-electron chi connectivity index (χ1n) is 8.14. The zero-order valence-corrected chi connectivity index (χ0v) is 13.2. The summed E-state index contributed by atoms with van der Waals surface area (Å²) in [7, 11) is 1.64. The molecule has 3 rings (SSSR count). The van der Waals surface area contributed by atoms with Crippen molar-refractivity contribution in [1.29, 1.82) is 0 Å². The van der Waals surface area contributed by atoms with Gasteiger partial charge < -0.3 is 19.9 Å². The summed E-state index contributed by atoms with van der Waals surface area (Å²) in [5, 5.41) is 13.5. The number of aliphatic hydroxyl groups is 1. The smallest absolute Gasteiger partial charge is 0.118 e. The van der Waals surface area contributed by atoms with E-state index in [0.29, 0.717) is 6.54 Å². The summed E-state index contributed by atoms with van der Waals surface area (Å²) in [6.07, 6.45) is 2.42. The van der Waals surface area contributed by atoms with Crippen LogP contribution in [0.4, 0.5) is 0 Å². The van der Waals surface area contributed by atoms with Crippen LogP contribution in [-0.2, 0) is 4.74 Å². The lowest BCUT2D eigenvalue weighted by atomic mass is 10.1. The molecule has 5 nitrogen and oxygen atoms in total. The third-order valence-corrected chi connectivity index (χ3v) is 4.44. The van der Waals surface area contributed by atoms with Crippen LogP contribution in [0.5, 0.6) is 5.75 Å². The fourth-order valence-electron chi connectivity index (χ4n) is 2.96. The van der Waals surface area contributed by atoms with E-state index in [1.54, 1.807) is 7.11 Å². The van der Waals surface area contributed by atoms with Crippen LogP contribution in [0, 0.1) is 0 Å². The van der Waals surface area contributed by atoms with Crippen molar-refractivity contribution in [3.8, 4) is 5.75 Å². The van der Waals surface area contributed by atoms with Crippen molar-refractivity contribution >= 4 is 0 Å². The first-order chi connectivity index (χ1) is 10.8. The summed E-state index contributed by atoms with van der Waals surface area (Å²) in [4.78, 5) is 2.54. The molecule has 1 aromatic rings. The Kier molecular flexibility index (Phi) is 5.31. The first kappa shape index (κ1) is 15.7. The van der Waals surface area contributed by atoms with E-state index in [1.807, 2.05) is 24.3 Å². The number of benzene rings is 1. The predicted molar refractivity (Wildman–Crippen MR) is 85.2 cm³/mol. The summed E-state index contributed by atoms with van der Waals surface area (Å²) in [5.41, 5.74) is 0.900. The van der Waals surface area contributed by atoms with Gasteiger partial charge in [0.25, 0.3) is 0 Å². The Hall–Kier alpha value is -1.14. The highest BCUT2D eigenvalue weighted by Gasteiger charge is 2.32. The highest BCUT2D eigenvalue weighted by atomic mass is 16.5. The number of methoxy groups -OCH3 is 1. The van der Waals surface area contributed by atoms with Gasteiger partial charge in [-0.25, -0.2) is 0 Å². The van der Waals surface area contributed by atoms with Crippen LogP contribution in [0.15, 0.2) is 24.3 Å². The molecule has 2 N–H and O–H groups in total. The Bertz CT molecular complexity index is 461. The average molecular weight is 306 g/mol. The molecule has 122 valence electrons. The minimum Gasteiger partial charge on any atom is -0.497 e. The van der Waals surface area contributed by atoms with Gasteiger partial charge in [-0.15, -0.1) is 0 Å². The van der Waals surface area contributed by atoms with Crippen molar-refractivity contribution in [3.63, 3.8) is 0 Å². The Labute approximate surface area is 132 Å². The van der Waals surface area contributed by atoms with Crippen LogP contribution in [0.1, 0.15) is 24.5 Å². The molecule has 2 atom stereocenters. The Balaban J connectivity index is 1.39. The van der Waals surface area contributed by atoms with E-state index in [1.165, 1.54) is 12.8 Å². The van der Waals surface area contributed by atoms with Gasteiger partial charge in [-0.2, -0.15) is 0 Å². The maximum absolute atomic E-state index is 10.2. The summed E-state index contributed by atoms with van der Waals surface area (Å²) >= 11 is 0. The molecule has 1 aliphatic heterocycles. The number of hydrogen-bond acceptors (Lipinski definition) is 5. The van der Waals surface area contributed by atoms with Crippen molar-refractivity contribution in [1.82, 2.24) is 10.2 Å². The van der Waals surface area contributed by atoms with Gasteiger partial charge in [-0.05, 0) is 30.5 Å². The molecular formula is C17H26N2O3. The summed E-state index contributed by atoms with van der Waals surface area (Å²) in [6.45, 7) is 4.22. The summed E-state index contributed by atoms with van der Waals surface area (Å²) in [5.74, 6) is 0.805. The third-order valence-electron chi connectivity index (χ3n) is 4.44. The largest absolute Gasteiger partial charge is 0.497 e. The van der Waals surface area contributed by atoms with Crippen molar-refractivity contribution in [2.45, 2.75) is 31.1 Å². The van der Waals surface area contributed by atoms with Crippen molar-refractivity contribution in [2.75, 3.05) is 39.9 Å². The van der Waals surface area contributed by atoms with Crippen molar-refractivity contribution in [2.24, 2.45) is 0 Å². The van der Waals surface area contributed by atoms with Crippen molar-refractivity contribution in [3.05, 3.63) is 29.8 Å². The minimum absolute atomic E-state index is 0.234. The van der Waals surface area contributed by atoms with E-state index >= 15 is 0 Å². The molecule has 0 amide bonds. The molecule has 0 bridgehead atoms. The first-order valence-corrected chi connectivity index (χ1v) is 8.14. The number of nitrogens with zero attached hydrogens (tertiary/aromatic N) is 1. The van der Waals surface area contributed by atoms with Crippen LogP contribution in [0.2, 0.25) is 0 Å². The lowest BCUT2D eigenvalue weighted by Crippen LogP contribution is -2.47. The summed E-state index contributed by atoms with van der Waals surface area (Å²) < 4.78 is 10.9. The molecule has 0 spiro atoms. The molecule has 5 heteroatoms. The topological polar surface area (TPSA) is 54.0 Å². The van der Waals surface area contributed by atoms with Gasteiger partial charge in [0, 0.05) is 32.2 Å². The van der Waals surface area contributed by atoms with E-state index in [2.05, 4.69) is 10.2 Å². The molecule has 2 unspecified atom stereocenters. The van der Waals surface area contributed by atoms with E-state index in [9.17, 15) is 5.11 Å². The highest BCUT2D eigenvalue weighted by molar-refractivity contribution is 5.28. The van der Waals surface area contributed by atoms with Gasteiger partial charge in [0.2, 0.25) is 0 Å². The van der Waals surface area contributed by atoms with Gasteiger partial charge in [0.15, 0.2) is 0 Å². The predicted octanol–water partition coefficient (Wildman–Crippen LogP) is 1.18. The van der Waals surface area contributed by atoms with Gasteiger partial charge in [0.1, 0.15) is 5.75 Å². The second kappa shape index (κ2) is 7.42. The van der Waals surface area contributed by atoms with Gasteiger partial charge >= 0.3 is 0 Å². The average Bonchev–Trinajstić information content (AvgIpc) is 3.40. The number of rotatable bonds is 7. The normalized spacial score (nSPS) is 24.2. The highest BCUT2D eigenvalue weighted by Crippen LogP contribution is 2.28. The molecule has 1 heterocycles. The lowest BCUT2D eigenvalue weighted by molar-refractivity contribution is -0.0309. The van der Waals surface area contributed by atoms with Gasteiger partial charge in [-0.3, -0.25) is 4.90 Å². The third kappa shape index (κ3) is 4.20. The zero-order valence-electron chi connectivity index (χ0n) is 13.2. The molecular weight excluding hydrogens is 280 g/mol. The van der Waals surface area contributed by atoms with E-state index < -0.39 is 6.10 Å². The SMILES string of the molecule is COc1ccc(C(O)CNCC2CN(C3CC3)CCO2)cc1. The molecule has 0 radical (unpaired) electrons. The second-order valence-electron chi connectivity index (χ2n) is 6.17. The van der Waals surface area contributed by atoms with Gasteiger partial charge in [-0.1, -0.05) is 12.1 Å². The molecule has 1 aliphatic carbocycles. The zero-order chi connectivity index (χ0) is 15.4. The van der Waals surface area contributed by atoms with E-state index in [-0.39, 0.29) is 6.10 Å². The van der Waals surface area contributed by atoms with Crippen LogP contribution in [0.25, 0.3) is 0 Å². The maximum atomic E-state index is 10.2. The Morgan fingerprint density at radius 3 is 2.82 bits per heavy atom. The van der Waals surface area contributed by atoms with Crippen LogP contribution in [-0.4, -0.2) is 62.0 Å². The minimum atomic E-state index is -0.506. The molecule has 1 saturated carbocycles. The van der Waals surface area contributed by atoms with Crippen molar-refractivity contribution < 1.29 is 14.6 Å².